The molecule has 0 saturated carbocycles. The van der Waals surface area contributed by atoms with E-state index in [-0.39, 0.29) is 19.0 Å². The zero-order chi connectivity index (χ0) is 30.7. The Bertz CT molecular complexity index is 1510. The van der Waals surface area contributed by atoms with Gasteiger partial charge in [-0.05, 0) is 51.5 Å². The van der Waals surface area contributed by atoms with Crippen LogP contribution in [0.4, 0.5) is 11.4 Å². The number of hydrogen-bond donors (Lipinski definition) is 2. The van der Waals surface area contributed by atoms with Crippen molar-refractivity contribution in [3.8, 4) is 11.5 Å². The fourth-order valence-electron chi connectivity index (χ4n) is 6.40. The van der Waals surface area contributed by atoms with Crippen molar-refractivity contribution in [1.82, 2.24) is 10.2 Å². The van der Waals surface area contributed by atoms with Crippen LogP contribution in [0.2, 0.25) is 0 Å². The third kappa shape index (κ3) is 5.09. The number of nitrogens with one attached hydrogen (secondary N) is 1. The minimum Gasteiger partial charge on any atom is -0.478 e. The monoisotopic (exact) mass is 582 g/mol. The quantitative estimate of drug-likeness (QED) is 0.307. The molecule has 0 fully saturated rings. The normalized spacial score (nSPS) is 14.2. The number of carbonyl (C=O) groups is 3. The Morgan fingerprint density at radius 2 is 1.40 bits per heavy atom. The van der Waals surface area contributed by atoms with Gasteiger partial charge in [-0.15, -0.1) is 0 Å². The van der Waals surface area contributed by atoms with E-state index in [1.807, 2.05) is 29.2 Å². The highest BCUT2D eigenvalue weighted by atomic mass is 16.5. The number of carboxylic acid groups (broad SMARTS) is 1. The van der Waals surface area contributed by atoms with Gasteiger partial charge in [-0.25, -0.2) is 4.79 Å². The zero-order valence-electron chi connectivity index (χ0n) is 25.1. The fraction of sp³-hybridized carbons (Fsp3) is 0.324. The minimum atomic E-state index is -1.21. The number of carboxylic acids is 1. The number of fused-ring (bicyclic) bond motifs is 6. The number of hydrogen-bond acceptors (Lipinski definition) is 6. The molecule has 2 aliphatic heterocycles. The number of anilines is 2. The SMILES string of the molecule is CCN(CC)c1ccc2c(c1)Oc1cc(N(CC)CC)ccc1C21c2ccccc2C(=O)N1CCNC(=O)/C=C\C(=O)O. The van der Waals surface area contributed by atoms with Crippen LogP contribution in [0.3, 0.4) is 0 Å². The molecule has 3 aromatic rings. The van der Waals surface area contributed by atoms with Gasteiger partial charge in [-0.1, -0.05) is 30.3 Å². The van der Waals surface area contributed by atoms with E-state index in [2.05, 4.69) is 79.2 Å². The lowest BCUT2D eigenvalue weighted by Crippen LogP contribution is -2.50. The van der Waals surface area contributed by atoms with E-state index in [1.165, 1.54) is 0 Å². The maximum Gasteiger partial charge on any atom is 0.328 e. The molecule has 2 amide bonds. The molecule has 9 nitrogen and oxygen atoms in total. The van der Waals surface area contributed by atoms with Crippen molar-refractivity contribution < 1.29 is 24.2 Å². The van der Waals surface area contributed by atoms with Crippen LogP contribution in [-0.2, 0) is 15.1 Å². The molecule has 5 rings (SSSR count). The van der Waals surface area contributed by atoms with Crippen molar-refractivity contribution in [1.29, 1.82) is 0 Å². The molecular formula is C34H38N4O5. The Hall–Kier alpha value is -4.79. The largest absolute Gasteiger partial charge is 0.478 e. The molecule has 224 valence electrons. The lowest BCUT2D eigenvalue weighted by Gasteiger charge is -2.45. The van der Waals surface area contributed by atoms with Gasteiger partial charge in [0.25, 0.3) is 5.91 Å². The first-order chi connectivity index (χ1) is 20.8. The third-order valence-corrected chi connectivity index (χ3v) is 8.40. The minimum absolute atomic E-state index is 0.130. The highest BCUT2D eigenvalue weighted by Crippen LogP contribution is 2.58. The van der Waals surface area contributed by atoms with E-state index in [0.717, 1.165) is 66.4 Å². The van der Waals surface area contributed by atoms with Crippen LogP contribution in [0.5, 0.6) is 11.5 Å². The Morgan fingerprint density at radius 3 is 1.93 bits per heavy atom. The van der Waals surface area contributed by atoms with E-state index in [0.29, 0.717) is 17.1 Å². The average molecular weight is 583 g/mol. The molecule has 0 bridgehead atoms. The Labute approximate surface area is 252 Å². The van der Waals surface area contributed by atoms with Crippen LogP contribution in [0.15, 0.2) is 72.8 Å². The molecule has 1 spiro atoms. The molecule has 0 aromatic heterocycles. The smallest absolute Gasteiger partial charge is 0.328 e. The van der Waals surface area contributed by atoms with Gasteiger partial charge in [-0.2, -0.15) is 0 Å². The molecule has 0 saturated heterocycles. The molecule has 43 heavy (non-hydrogen) atoms. The lowest BCUT2D eigenvalue weighted by atomic mass is 9.74. The van der Waals surface area contributed by atoms with Gasteiger partial charge >= 0.3 is 5.97 Å². The second-order valence-electron chi connectivity index (χ2n) is 10.5. The predicted molar refractivity (Wildman–Crippen MR) is 167 cm³/mol. The maximum atomic E-state index is 14.2. The van der Waals surface area contributed by atoms with Gasteiger partial charge in [-0.3, -0.25) is 9.59 Å². The summed E-state index contributed by atoms with van der Waals surface area (Å²) in [5.74, 6) is -0.539. The predicted octanol–water partition coefficient (Wildman–Crippen LogP) is 4.99. The first-order valence-corrected chi connectivity index (χ1v) is 14.9. The molecule has 0 atom stereocenters. The summed E-state index contributed by atoms with van der Waals surface area (Å²) in [5.41, 5.74) is 4.21. The van der Waals surface area contributed by atoms with E-state index in [9.17, 15) is 14.4 Å². The van der Waals surface area contributed by atoms with Gasteiger partial charge in [0.2, 0.25) is 5.91 Å². The second kappa shape index (κ2) is 12.2. The van der Waals surface area contributed by atoms with Crippen molar-refractivity contribution in [2.45, 2.75) is 33.2 Å². The van der Waals surface area contributed by atoms with Gasteiger partial charge in [0.15, 0.2) is 0 Å². The molecule has 2 N–H and O–H groups in total. The lowest BCUT2D eigenvalue weighted by molar-refractivity contribution is -0.131. The van der Waals surface area contributed by atoms with Crippen LogP contribution in [0.25, 0.3) is 0 Å². The summed E-state index contributed by atoms with van der Waals surface area (Å²) >= 11 is 0. The summed E-state index contributed by atoms with van der Waals surface area (Å²) < 4.78 is 6.69. The molecule has 2 aliphatic rings. The van der Waals surface area contributed by atoms with Crippen molar-refractivity contribution in [2.75, 3.05) is 49.1 Å². The van der Waals surface area contributed by atoms with E-state index in [1.54, 1.807) is 0 Å². The van der Waals surface area contributed by atoms with Gasteiger partial charge in [0, 0.05) is 91.6 Å². The highest BCUT2D eigenvalue weighted by Gasteiger charge is 2.56. The highest BCUT2D eigenvalue weighted by molar-refractivity contribution is 6.02. The number of carbonyl (C=O) groups excluding carboxylic acids is 2. The Morgan fingerprint density at radius 1 is 0.837 bits per heavy atom. The summed E-state index contributed by atoms with van der Waals surface area (Å²) in [5, 5.41) is 11.6. The molecule has 0 unspecified atom stereocenters. The summed E-state index contributed by atoms with van der Waals surface area (Å²) in [6, 6.07) is 20.0. The molecular weight excluding hydrogens is 544 g/mol. The standard InChI is InChI=1S/C34H38N4O5/c1-5-36(6-2)23-13-15-27-29(21-23)43-30-22-24(37(7-3)8-4)14-16-28(30)34(27)26-12-10-9-11-25(26)33(42)38(34)20-19-35-31(39)17-18-32(40)41/h9-18,21-22H,5-8,19-20H2,1-4H3,(H,35,39)(H,40,41)/b18-17-. The number of aliphatic carboxylic acids is 1. The Balaban J connectivity index is 1.70. The van der Waals surface area contributed by atoms with Gasteiger partial charge in [0.05, 0.1) is 0 Å². The number of ether oxygens (including phenoxy) is 1. The molecule has 0 radical (unpaired) electrons. The second-order valence-corrected chi connectivity index (χ2v) is 10.5. The van der Waals surface area contributed by atoms with Crippen molar-refractivity contribution in [3.05, 3.63) is 95.1 Å². The van der Waals surface area contributed by atoms with Crippen molar-refractivity contribution >= 4 is 29.2 Å². The first-order valence-electron chi connectivity index (χ1n) is 14.9. The van der Waals surface area contributed by atoms with E-state index in [4.69, 9.17) is 9.84 Å². The zero-order valence-corrected chi connectivity index (χ0v) is 25.1. The number of benzene rings is 3. The molecule has 9 heteroatoms. The first kappa shape index (κ1) is 29.7. The van der Waals surface area contributed by atoms with Crippen LogP contribution >= 0.6 is 0 Å². The van der Waals surface area contributed by atoms with Crippen LogP contribution < -0.4 is 19.9 Å². The molecule has 2 heterocycles. The molecule has 0 aliphatic carbocycles. The van der Waals surface area contributed by atoms with Crippen LogP contribution in [0.1, 0.15) is 54.7 Å². The molecule has 3 aromatic carbocycles. The van der Waals surface area contributed by atoms with Crippen molar-refractivity contribution in [2.24, 2.45) is 0 Å². The van der Waals surface area contributed by atoms with Gasteiger partial charge < -0.3 is 29.9 Å². The van der Waals surface area contributed by atoms with E-state index < -0.39 is 17.4 Å². The maximum absolute atomic E-state index is 14.2. The van der Waals surface area contributed by atoms with Gasteiger partial charge in [0.1, 0.15) is 17.0 Å². The fourth-order valence-corrected chi connectivity index (χ4v) is 6.40. The van der Waals surface area contributed by atoms with Crippen molar-refractivity contribution in [3.63, 3.8) is 0 Å². The van der Waals surface area contributed by atoms with Crippen LogP contribution in [-0.4, -0.2) is 67.1 Å². The topological polar surface area (TPSA) is 102 Å². The van der Waals surface area contributed by atoms with E-state index >= 15 is 0 Å². The number of nitrogens with zero attached hydrogens (tertiary/aromatic N) is 3. The number of amides is 2. The van der Waals surface area contributed by atoms with Crippen LogP contribution in [0, 0.1) is 0 Å². The summed E-state index contributed by atoms with van der Waals surface area (Å²) in [4.78, 5) is 43.7. The average Bonchev–Trinajstić information content (AvgIpc) is 3.25. The summed E-state index contributed by atoms with van der Waals surface area (Å²) in [6.07, 6.45) is 1.76. The summed E-state index contributed by atoms with van der Waals surface area (Å²) in [7, 11) is 0. The Kier molecular flexibility index (Phi) is 8.43. The third-order valence-electron chi connectivity index (χ3n) is 8.40. The summed E-state index contributed by atoms with van der Waals surface area (Å²) in [6.45, 7) is 12.1. The number of rotatable bonds is 11.